The third-order valence-electron chi connectivity index (χ3n) is 5.99. The summed E-state index contributed by atoms with van der Waals surface area (Å²) in [5, 5.41) is 7.46. The molecule has 7 nitrogen and oxygen atoms in total. The van der Waals surface area contributed by atoms with Gasteiger partial charge in [-0.25, -0.2) is 13.9 Å². The monoisotopic (exact) mass is 500 g/mol. The van der Waals surface area contributed by atoms with Gasteiger partial charge in [-0.05, 0) is 37.0 Å². The number of nitrogens with two attached hydrogens (primary N) is 1. The second kappa shape index (κ2) is 13.2. The number of anilines is 2. The Morgan fingerprint density at radius 1 is 1.15 bits per heavy atom. The molecule has 4 rings (SSSR count). The van der Waals surface area contributed by atoms with E-state index in [1.54, 1.807) is 0 Å². The zero-order valence-corrected chi connectivity index (χ0v) is 21.7. The van der Waals surface area contributed by atoms with Crippen LogP contribution in [-0.4, -0.2) is 70.4 Å². The van der Waals surface area contributed by atoms with E-state index in [9.17, 15) is 8.78 Å². The fourth-order valence-corrected chi connectivity index (χ4v) is 4.47. The minimum Gasteiger partial charge on any atom is -0.369 e. The Balaban J connectivity index is 0.000000970. The zero-order chi connectivity index (χ0) is 25.3. The van der Waals surface area contributed by atoms with Gasteiger partial charge in [-0.15, -0.1) is 5.10 Å². The molecule has 10 heteroatoms. The topological polar surface area (TPSA) is 83.3 Å². The molecule has 1 aromatic heterocycles. The maximum Gasteiger partial charge on any atom is 0.272 e. The first-order chi connectivity index (χ1) is 16.3. The molecular formula is C24H39ClF2N6O. The number of hydrogen-bond donors (Lipinski definition) is 2. The molecule has 2 atom stereocenters. The predicted octanol–water partition coefficient (Wildman–Crippen LogP) is 5.03. The van der Waals surface area contributed by atoms with Crippen molar-refractivity contribution in [1.82, 2.24) is 20.1 Å². The van der Waals surface area contributed by atoms with Gasteiger partial charge in [0.25, 0.3) is 5.92 Å². The molecule has 192 valence electrons. The second-order valence-corrected chi connectivity index (χ2v) is 8.63. The SMILES string of the molecule is CC.CC.CC(F)(F)C1CN(C2CCN(c3n[nH]c(N)n3)CC2)C(Cc2ccc(Cl)cc2)CO1. The van der Waals surface area contributed by atoms with Gasteiger partial charge >= 0.3 is 0 Å². The van der Waals surface area contributed by atoms with E-state index in [1.807, 2.05) is 52.0 Å². The number of nitrogens with one attached hydrogen (secondary N) is 1. The van der Waals surface area contributed by atoms with Crippen molar-refractivity contribution in [1.29, 1.82) is 0 Å². The number of ether oxygens (including phenoxy) is 1. The molecule has 3 heterocycles. The van der Waals surface area contributed by atoms with Crippen LogP contribution in [0.15, 0.2) is 24.3 Å². The summed E-state index contributed by atoms with van der Waals surface area (Å²) in [6.07, 6.45) is 1.32. The Morgan fingerprint density at radius 3 is 2.29 bits per heavy atom. The quantitative estimate of drug-likeness (QED) is 0.599. The minimum atomic E-state index is -2.87. The Hall–Kier alpha value is -1.97. The second-order valence-electron chi connectivity index (χ2n) is 8.20. The van der Waals surface area contributed by atoms with E-state index in [1.165, 1.54) is 0 Å². The fourth-order valence-electron chi connectivity index (χ4n) is 4.34. The van der Waals surface area contributed by atoms with E-state index in [0.29, 0.717) is 11.0 Å². The average molecular weight is 501 g/mol. The van der Waals surface area contributed by atoms with Crippen molar-refractivity contribution in [2.75, 3.05) is 36.9 Å². The standard InChI is InChI=1S/C20H27ClF2N6O.2C2H6/c1-20(22,23)17-11-29(16(12-30-17)10-13-2-4-14(21)5-3-13)15-6-8-28(9-7-15)19-25-18(24)26-27-19;2*1-2/h2-5,15-17H,6-12H2,1H3,(H3,24,25,26,27);2*1-2H3. The van der Waals surface area contributed by atoms with Crippen LogP contribution in [0, 0.1) is 0 Å². The molecule has 0 saturated carbocycles. The summed E-state index contributed by atoms with van der Waals surface area (Å²) in [6.45, 7) is 10.9. The lowest BCUT2D eigenvalue weighted by Crippen LogP contribution is -2.60. The maximum absolute atomic E-state index is 14.0. The predicted molar refractivity (Wildman–Crippen MR) is 135 cm³/mol. The van der Waals surface area contributed by atoms with E-state index in [-0.39, 0.29) is 31.2 Å². The van der Waals surface area contributed by atoms with Crippen LogP contribution in [0.3, 0.4) is 0 Å². The van der Waals surface area contributed by atoms with Gasteiger partial charge in [0.1, 0.15) is 6.10 Å². The van der Waals surface area contributed by atoms with Gasteiger partial charge < -0.3 is 15.4 Å². The van der Waals surface area contributed by atoms with Crippen LogP contribution in [-0.2, 0) is 11.2 Å². The van der Waals surface area contributed by atoms with Gasteiger partial charge in [-0.1, -0.05) is 51.4 Å². The van der Waals surface area contributed by atoms with Crippen molar-refractivity contribution in [3.8, 4) is 0 Å². The lowest BCUT2D eigenvalue weighted by Gasteiger charge is -2.47. The summed E-state index contributed by atoms with van der Waals surface area (Å²) in [7, 11) is 0. The lowest BCUT2D eigenvalue weighted by molar-refractivity contribution is -0.178. The highest BCUT2D eigenvalue weighted by atomic mass is 35.5. The van der Waals surface area contributed by atoms with Crippen LogP contribution in [0.2, 0.25) is 5.02 Å². The number of H-pyrrole nitrogens is 1. The van der Waals surface area contributed by atoms with E-state index in [0.717, 1.165) is 44.8 Å². The molecule has 2 fully saturated rings. The third kappa shape index (κ3) is 7.52. The summed E-state index contributed by atoms with van der Waals surface area (Å²) >= 11 is 6.00. The summed E-state index contributed by atoms with van der Waals surface area (Å²) in [5.41, 5.74) is 6.75. The summed E-state index contributed by atoms with van der Waals surface area (Å²) in [4.78, 5) is 8.49. The van der Waals surface area contributed by atoms with Crippen molar-refractivity contribution >= 4 is 23.5 Å². The number of nitrogen functional groups attached to an aromatic ring is 1. The van der Waals surface area contributed by atoms with Crippen LogP contribution in [0.25, 0.3) is 0 Å². The maximum atomic E-state index is 14.0. The number of aromatic amines is 1. The summed E-state index contributed by atoms with van der Waals surface area (Å²) in [5.74, 6) is -2.00. The Bertz CT molecular complexity index is 837. The summed E-state index contributed by atoms with van der Waals surface area (Å²) in [6, 6.07) is 7.92. The molecule has 2 aliphatic rings. The molecule has 1 aromatic carbocycles. The molecule has 3 N–H and O–H groups in total. The first kappa shape index (κ1) is 28.3. The van der Waals surface area contributed by atoms with E-state index in [2.05, 4.69) is 25.0 Å². The van der Waals surface area contributed by atoms with E-state index in [4.69, 9.17) is 22.1 Å². The highest BCUT2D eigenvalue weighted by Crippen LogP contribution is 2.31. The minimum absolute atomic E-state index is 0.0421. The van der Waals surface area contributed by atoms with Gasteiger partial charge in [0.05, 0.1) is 6.61 Å². The zero-order valence-electron chi connectivity index (χ0n) is 20.9. The highest BCUT2D eigenvalue weighted by Gasteiger charge is 2.43. The Morgan fingerprint density at radius 2 is 1.76 bits per heavy atom. The molecule has 2 saturated heterocycles. The van der Waals surface area contributed by atoms with Crippen LogP contribution < -0.4 is 10.6 Å². The smallest absolute Gasteiger partial charge is 0.272 e. The van der Waals surface area contributed by atoms with Gasteiger partial charge in [-0.2, -0.15) is 4.98 Å². The van der Waals surface area contributed by atoms with E-state index >= 15 is 0 Å². The van der Waals surface area contributed by atoms with Crippen LogP contribution in [0.5, 0.6) is 0 Å². The first-order valence-corrected chi connectivity index (χ1v) is 12.6. The molecule has 2 aliphatic heterocycles. The van der Waals surface area contributed by atoms with Crippen molar-refractivity contribution in [3.63, 3.8) is 0 Å². The number of hydrogen-bond acceptors (Lipinski definition) is 6. The normalized spacial score (nSPS) is 21.8. The number of alkyl halides is 2. The molecule has 0 amide bonds. The fraction of sp³-hybridized carbons (Fsp3) is 0.667. The van der Waals surface area contributed by atoms with E-state index < -0.39 is 12.0 Å². The molecule has 0 radical (unpaired) electrons. The first-order valence-electron chi connectivity index (χ1n) is 12.2. The molecule has 34 heavy (non-hydrogen) atoms. The number of aromatic nitrogens is 3. The van der Waals surface area contributed by atoms with Crippen LogP contribution in [0.1, 0.15) is 53.0 Å². The number of nitrogens with zero attached hydrogens (tertiary/aromatic N) is 4. The van der Waals surface area contributed by atoms with Gasteiger partial charge in [0, 0.05) is 43.7 Å². The number of rotatable bonds is 5. The Kier molecular flexibility index (Phi) is 11.0. The number of piperidine rings is 1. The number of morpholine rings is 1. The van der Waals surface area contributed by atoms with Crippen LogP contribution in [0.4, 0.5) is 20.7 Å². The van der Waals surface area contributed by atoms with Gasteiger partial charge in [-0.3, -0.25) is 4.90 Å². The molecule has 0 aliphatic carbocycles. The van der Waals surface area contributed by atoms with Gasteiger partial charge in [0.2, 0.25) is 11.9 Å². The van der Waals surface area contributed by atoms with Crippen LogP contribution >= 0.6 is 11.6 Å². The van der Waals surface area contributed by atoms with Crippen molar-refractivity contribution < 1.29 is 13.5 Å². The average Bonchev–Trinajstić information content (AvgIpc) is 3.29. The number of halogens is 3. The molecule has 0 spiro atoms. The third-order valence-corrected chi connectivity index (χ3v) is 6.24. The largest absolute Gasteiger partial charge is 0.369 e. The molecule has 2 aromatic rings. The number of benzene rings is 1. The molecule has 0 bridgehead atoms. The van der Waals surface area contributed by atoms with Crippen molar-refractivity contribution in [2.45, 2.75) is 78.0 Å². The van der Waals surface area contributed by atoms with Crippen molar-refractivity contribution in [3.05, 3.63) is 34.9 Å². The van der Waals surface area contributed by atoms with Gasteiger partial charge in [0.15, 0.2) is 0 Å². The molecule has 2 unspecified atom stereocenters. The highest BCUT2D eigenvalue weighted by molar-refractivity contribution is 6.30. The van der Waals surface area contributed by atoms with Crippen molar-refractivity contribution in [2.24, 2.45) is 0 Å². The molecular weight excluding hydrogens is 462 g/mol. The Labute approximate surface area is 207 Å². The summed E-state index contributed by atoms with van der Waals surface area (Å²) < 4.78 is 33.7. The lowest BCUT2D eigenvalue weighted by atomic mass is 9.95.